The van der Waals surface area contributed by atoms with Gasteiger partial charge in [-0.3, -0.25) is 0 Å². The summed E-state index contributed by atoms with van der Waals surface area (Å²) in [4.78, 5) is 11.6. The topological polar surface area (TPSA) is 41.6 Å². The number of H-pyrrole nitrogens is 1. The van der Waals surface area contributed by atoms with Crippen LogP contribution < -0.4 is 0 Å². The Kier molecular flexibility index (Phi) is 1.96. The van der Waals surface area contributed by atoms with Gasteiger partial charge in [0.15, 0.2) is 0 Å². The summed E-state index contributed by atoms with van der Waals surface area (Å²) in [6.45, 7) is 2.28. The molecule has 0 amide bonds. The minimum atomic E-state index is 0.576. The number of aryl methyl sites for hydroxylation is 1. The fourth-order valence-electron chi connectivity index (χ4n) is 2.38. The van der Waals surface area contributed by atoms with Gasteiger partial charge in [-0.1, -0.05) is 18.5 Å². The molecule has 2 heterocycles. The summed E-state index contributed by atoms with van der Waals surface area (Å²) < 4.78 is 0. The highest BCUT2D eigenvalue weighted by molar-refractivity contribution is 6.34. The Morgan fingerprint density at radius 1 is 1.47 bits per heavy atom. The fraction of sp³-hybridized carbons (Fsp3) is 0.455. The van der Waals surface area contributed by atoms with E-state index in [1.165, 1.54) is 24.0 Å². The summed E-state index contributed by atoms with van der Waals surface area (Å²) in [5.41, 5.74) is 3.51. The summed E-state index contributed by atoms with van der Waals surface area (Å²) in [6.07, 6.45) is 4.94. The summed E-state index contributed by atoms with van der Waals surface area (Å²) >= 11 is 6.11. The van der Waals surface area contributed by atoms with E-state index in [-0.39, 0.29) is 0 Å². The third-order valence-electron chi connectivity index (χ3n) is 3.18. The van der Waals surface area contributed by atoms with Crippen molar-refractivity contribution < 1.29 is 0 Å². The number of hydrogen-bond acceptors (Lipinski definition) is 2. The Morgan fingerprint density at radius 3 is 3.20 bits per heavy atom. The first-order chi connectivity index (χ1) is 7.25. The largest absolute Gasteiger partial charge is 0.343 e. The molecule has 3 nitrogen and oxygen atoms in total. The molecule has 0 radical (unpaired) electrons. The first-order valence-corrected chi connectivity index (χ1v) is 5.63. The van der Waals surface area contributed by atoms with E-state index in [9.17, 15) is 0 Å². The van der Waals surface area contributed by atoms with Crippen molar-refractivity contribution in [3.05, 3.63) is 22.7 Å². The normalized spacial score (nSPS) is 20.5. The van der Waals surface area contributed by atoms with Crippen molar-refractivity contribution in [3.63, 3.8) is 0 Å². The van der Waals surface area contributed by atoms with Crippen molar-refractivity contribution in [2.24, 2.45) is 5.92 Å². The SMILES string of the molecule is CC1CCc2[nH]c3ncnc(Cl)c3c2C1. The second-order valence-electron chi connectivity index (χ2n) is 4.32. The van der Waals surface area contributed by atoms with E-state index >= 15 is 0 Å². The summed E-state index contributed by atoms with van der Waals surface area (Å²) in [6, 6.07) is 0. The van der Waals surface area contributed by atoms with Crippen molar-refractivity contribution in [1.29, 1.82) is 0 Å². The lowest BCUT2D eigenvalue weighted by molar-refractivity contribution is 0.499. The van der Waals surface area contributed by atoms with Gasteiger partial charge in [0.05, 0.1) is 5.39 Å². The van der Waals surface area contributed by atoms with Crippen molar-refractivity contribution in [3.8, 4) is 0 Å². The maximum atomic E-state index is 6.11. The van der Waals surface area contributed by atoms with Crippen molar-refractivity contribution in [2.45, 2.75) is 26.2 Å². The molecular weight excluding hydrogens is 210 g/mol. The lowest BCUT2D eigenvalue weighted by Crippen LogP contribution is -2.10. The number of aromatic amines is 1. The Bertz CT molecular complexity index is 518. The maximum absolute atomic E-state index is 6.11. The minimum absolute atomic E-state index is 0.576. The molecule has 3 rings (SSSR count). The Balaban J connectivity index is 2.30. The highest BCUT2D eigenvalue weighted by Gasteiger charge is 2.21. The molecule has 2 aromatic rings. The third-order valence-corrected chi connectivity index (χ3v) is 3.46. The monoisotopic (exact) mass is 221 g/mol. The molecule has 1 aliphatic rings. The smallest absolute Gasteiger partial charge is 0.142 e. The second-order valence-corrected chi connectivity index (χ2v) is 4.68. The minimum Gasteiger partial charge on any atom is -0.343 e. The van der Waals surface area contributed by atoms with E-state index in [0.717, 1.165) is 29.8 Å². The highest BCUT2D eigenvalue weighted by atomic mass is 35.5. The molecule has 1 atom stereocenters. The molecule has 0 aromatic carbocycles. The van der Waals surface area contributed by atoms with Gasteiger partial charge in [0, 0.05) is 5.69 Å². The zero-order valence-electron chi connectivity index (χ0n) is 8.55. The van der Waals surface area contributed by atoms with E-state index < -0.39 is 0 Å². The summed E-state index contributed by atoms with van der Waals surface area (Å²) in [5, 5.41) is 1.60. The number of aromatic nitrogens is 3. The van der Waals surface area contributed by atoms with Crippen LogP contribution >= 0.6 is 11.6 Å². The van der Waals surface area contributed by atoms with Gasteiger partial charge in [-0.25, -0.2) is 9.97 Å². The van der Waals surface area contributed by atoms with Crippen LogP contribution in [0.15, 0.2) is 6.33 Å². The zero-order chi connectivity index (χ0) is 10.4. The molecule has 2 aromatic heterocycles. The molecule has 0 fully saturated rings. The third kappa shape index (κ3) is 1.34. The molecule has 0 spiro atoms. The van der Waals surface area contributed by atoms with E-state index in [1.807, 2.05) is 0 Å². The average molecular weight is 222 g/mol. The van der Waals surface area contributed by atoms with E-state index in [2.05, 4.69) is 21.9 Å². The van der Waals surface area contributed by atoms with Crippen LogP contribution in [0.2, 0.25) is 5.15 Å². The summed E-state index contributed by atoms with van der Waals surface area (Å²) in [5.74, 6) is 0.729. The Hall–Kier alpha value is -1.09. The van der Waals surface area contributed by atoms with Crippen LogP contribution in [0.3, 0.4) is 0 Å². The lowest BCUT2D eigenvalue weighted by Gasteiger charge is -2.17. The van der Waals surface area contributed by atoms with Gasteiger partial charge in [-0.05, 0) is 30.7 Å². The van der Waals surface area contributed by atoms with Gasteiger partial charge in [0.1, 0.15) is 17.1 Å². The van der Waals surface area contributed by atoms with Crippen LogP contribution in [-0.4, -0.2) is 15.0 Å². The van der Waals surface area contributed by atoms with Crippen molar-refractivity contribution >= 4 is 22.6 Å². The van der Waals surface area contributed by atoms with Crippen molar-refractivity contribution in [1.82, 2.24) is 15.0 Å². The molecule has 1 aliphatic carbocycles. The van der Waals surface area contributed by atoms with Gasteiger partial charge >= 0.3 is 0 Å². The molecule has 0 saturated carbocycles. The second kappa shape index (κ2) is 3.20. The van der Waals surface area contributed by atoms with Crippen molar-refractivity contribution in [2.75, 3.05) is 0 Å². The van der Waals surface area contributed by atoms with Crippen LogP contribution in [-0.2, 0) is 12.8 Å². The summed E-state index contributed by atoms with van der Waals surface area (Å²) in [7, 11) is 0. The van der Waals surface area contributed by atoms with Crippen LogP contribution in [0.4, 0.5) is 0 Å². The first kappa shape index (κ1) is 9.16. The highest BCUT2D eigenvalue weighted by Crippen LogP contribution is 2.33. The number of halogens is 1. The predicted molar refractivity (Wildman–Crippen MR) is 60.1 cm³/mol. The molecule has 0 saturated heterocycles. The standard InChI is InChI=1S/C11H12ClN3/c1-6-2-3-8-7(4-6)9-10(12)13-5-14-11(9)15-8/h5-6H,2-4H2,1H3,(H,13,14,15). The number of rotatable bonds is 0. The van der Waals surface area contributed by atoms with E-state index in [4.69, 9.17) is 11.6 Å². The maximum Gasteiger partial charge on any atom is 0.142 e. The van der Waals surface area contributed by atoms with Gasteiger partial charge < -0.3 is 4.98 Å². The number of nitrogens with zero attached hydrogens (tertiary/aromatic N) is 2. The van der Waals surface area contributed by atoms with Gasteiger partial charge in [-0.15, -0.1) is 0 Å². The van der Waals surface area contributed by atoms with Gasteiger partial charge in [0.25, 0.3) is 0 Å². The quantitative estimate of drug-likeness (QED) is 0.695. The molecule has 0 bridgehead atoms. The molecule has 15 heavy (non-hydrogen) atoms. The zero-order valence-corrected chi connectivity index (χ0v) is 9.30. The predicted octanol–water partition coefficient (Wildman–Crippen LogP) is 2.74. The average Bonchev–Trinajstić information content (AvgIpc) is 2.57. The number of nitrogens with one attached hydrogen (secondary N) is 1. The van der Waals surface area contributed by atoms with E-state index in [0.29, 0.717) is 5.15 Å². The Morgan fingerprint density at radius 2 is 2.33 bits per heavy atom. The lowest BCUT2D eigenvalue weighted by atomic mass is 9.88. The first-order valence-electron chi connectivity index (χ1n) is 5.25. The van der Waals surface area contributed by atoms with Crippen LogP contribution in [0.25, 0.3) is 11.0 Å². The Labute approximate surface area is 92.9 Å². The fourth-order valence-corrected chi connectivity index (χ4v) is 2.62. The number of hydrogen-bond donors (Lipinski definition) is 1. The van der Waals surface area contributed by atoms with E-state index in [1.54, 1.807) is 0 Å². The van der Waals surface area contributed by atoms with Gasteiger partial charge in [-0.2, -0.15) is 0 Å². The van der Waals surface area contributed by atoms with Gasteiger partial charge in [0.2, 0.25) is 0 Å². The van der Waals surface area contributed by atoms with Crippen LogP contribution in [0.1, 0.15) is 24.6 Å². The molecule has 1 unspecified atom stereocenters. The van der Waals surface area contributed by atoms with Crippen LogP contribution in [0, 0.1) is 5.92 Å². The number of fused-ring (bicyclic) bond motifs is 3. The van der Waals surface area contributed by atoms with Crippen LogP contribution in [0.5, 0.6) is 0 Å². The molecular formula is C11H12ClN3. The molecule has 78 valence electrons. The molecule has 4 heteroatoms. The molecule has 1 N–H and O–H groups in total. The molecule has 0 aliphatic heterocycles.